The van der Waals surface area contributed by atoms with E-state index in [4.69, 9.17) is 50.6 Å². The number of aryl methyl sites for hydroxylation is 2. The van der Waals surface area contributed by atoms with E-state index in [1.165, 1.54) is 25.7 Å². The third-order valence-electron chi connectivity index (χ3n) is 15.3. The fraction of sp³-hybridized carbons (Fsp3) is 0.205. The number of hydrogen-bond acceptors (Lipinski definition) is 24. The zero-order valence-corrected chi connectivity index (χ0v) is 55.4. The first-order chi connectivity index (χ1) is 50.1. The molecule has 0 saturated carbocycles. The van der Waals surface area contributed by atoms with Crippen molar-refractivity contribution in [2.24, 2.45) is 0 Å². The molecule has 2 heterocycles. The molecule has 514 valence electrons. The second-order valence-electron chi connectivity index (χ2n) is 22.2. The highest BCUT2D eigenvalue weighted by molar-refractivity contribution is 6.22. The Balaban J connectivity index is 0.934. The zero-order chi connectivity index (χ0) is 71.1. The lowest BCUT2D eigenvalue weighted by atomic mass is 9.84. The van der Waals surface area contributed by atoms with Crippen LogP contribution in [0.15, 0.2) is 146 Å². The van der Waals surface area contributed by atoms with Crippen molar-refractivity contribution in [2.45, 2.75) is 91.9 Å². The molecule has 1 N–H and O–H groups in total. The monoisotopic (exact) mass is 1370 g/mol. The molecule has 0 bridgehead atoms. The lowest BCUT2D eigenvalue weighted by Gasteiger charge is -2.19. The van der Waals surface area contributed by atoms with E-state index >= 15 is 0 Å². The molecule has 0 saturated heterocycles. The van der Waals surface area contributed by atoms with E-state index in [0.29, 0.717) is 58.3 Å². The van der Waals surface area contributed by atoms with Crippen molar-refractivity contribution >= 4 is 55.6 Å². The SMILES string of the molecule is C#CC#CC#COc1cc(-c2cnc3cc(C)ccc3n2)c(OCCCCCC)cc1-c1cnc2cc(-c3ccc4c(-c5ccc(OC(=O)C#CC#CC#CC(=O)OOOOOOOOOOOOOO)cc5)c5cc(C)ccc5c(-c5ccc(OCCCCCCCC)cc5)c4c3)ccc2n1. The molecule has 0 aliphatic rings. The lowest BCUT2D eigenvalue weighted by Crippen LogP contribution is -2.06. The Morgan fingerprint density at radius 2 is 0.922 bits per heavy atom. The number of hydrogen-bond donors (Lipinski definition) is 1. The van der Waals surface area contributed by atoms with Gasteiger partial charge in [0.1, 0.15) is 23.4 Å². The first-order valence-electron chi connectivity index (χ1n) is 32.0. The third-order valence-corrected chi connectivity index (χ3v) is 15.3. The topological polar surface area (TPSA) is 263 Å². The van der Waals surface area contributed by atoms with Gasteiger partial charge in [-0.2, -0.15) is 0 Å². The maximum absolute atomic E-state index is 12.9. The maximum atomic E-state index is 12.9. The van der Waals surface area contributed by atoms with Gasteiger partial charge in [0, 0.05) is 65.0 Å². The Morgan fingerprint density at radius 3 is 1.58 bits per heavy atom. The second-order valence-corrected chi connectivity index (χ2v) is 22.2. The summed E-state index contributed by atoms with van der Waals surface area (Å²) < 4.78 is 24.6. The van der Waals surface area contributed by atoms with Gasteiger partial charge in [0.05, 0.1) is 59.1 Å². The summed E-state index contributed by atoms with van der Waals surface area (Å²) in [5.74, 6) is 23.0. The molecule has 0 aliphatic heterocycles. The van der Waals surface area contributed by atoms with Gasteiger partial charge in [-0.25, -0.2) is 24.8 Å². The van der Waals surface area contributed by atoms with E-state index < -0.39 is 11.9 Å². The minimum atomic E-state index is -1.31. The number of fused-ring (bicyclic) bond motifs is 4. The molecular weight excluding hydrogens is 1310 g/mol. The number of esters is 1. The molecule has 0 radical (unpaired) electrons. The lowest BCUT2D eigenvalue weighted by molar-refractivity contribution is -0.874. The number of unbranched alkanes of at least 4 members (excludes halogenated alkanes) is 8. The standard InChI is InChI=1S/C78H62N4O20/c1-6-9-12-15-18-23-42-86-59-34-28-55(29-35-59)78-61-38-26-53(4)45-63(61)77(56-30-36-60(37-31-56)89-75(83)24-19-16-17-20-25-76(84)90-92-94-96-98-100-102-101-99-97-95-93-91-85)62-39-32-57(47-64(62)78)58-33-41-68-70(48-58)80-52-72(82-68)66-50-73(87-43-21-13-10-7-2)65(49-74(66)88-44-22-14-11-8-3)71-51-79-69-46-54(5)27-40-67(69)81-71/h3,26-41,45-52,85H,6-7,9-10,12-13,15,18,21,23,42-43H2,1-2,4-5H3. The minimum Gasteiger partial charge on any atom is -0.494 e. The summed E-state index contributed by atoms with van der Waals surface area (Å²) in [6.07, 6.45) is 22.6. The van der Waals surface area contributed by atoms with E-state index in [9.17, 15) is 9.59 Å². The average molecular weight is 1380 g/mol. The van der Waals surface area contributed by atoms with Crippen LogP contribution in [0.25, 0.3) is 99.5 Å². The van der Waals surface area contributed by atoms with Crippen molar-refractivity contribution in [3.8, 4) is 151 Å². The molecule has 0 fully saturated rings. The number of benzene rings is 8. The number of carbonyl (C=O) groups is 2. The van der Waals surface area contributed by atoms with Gasteiger partial charge in [-0.15, -0.1) is 6.42 Å². The van der Waals surface area contributed by atoms with Crippen LogP contribution in [0.3, 0.4) is 0 Å². The molecule has 0 atom stereocenters. The zero-order valence-electron chi connectivity index (χ0n) is 55.4. The van der Waals surface area contributed by atoms with Gasteiger partial charge in [0.25, 0.3) is 0 Å². The largest absolute Gasteiger partial charge is 0.494 e. The van der Waals surface area contributed by atoms with Gasteiger partial charge < -0.3 is 18.9 Å². The summed E-state index contributed by atoms with van der Waals surface area (Å²) in [5.41, 5.74) is 13.0. The summed E-state index contributed by atoms with van der Waals surface area (Å²) >= 11 is 0. The van der Waals surface area contributed by atoms with Crippen LogP contribution in [0.1, 0.15) is 89.2 Å². The molecular formula is C78H62N4O20. The first kappa shape index (κ1) is 72.9. The normalized spacial score (nSPS) is 10.6. The fourth-order valence-electron chi connectivity index (χ4n) is 10.8. The molecule has 102 heavy (non-hydrogen) atoms. The van der Waals surface area contributed by atoms with Crippen molar-refractivity contribution < 1.29 is 99.1 Å². The molecule has 0 unspecified atom stereocenters. The van der Waals surface area contributed by atoms with Crippen LogP contribution >= 0.6 is 0 Å². The van der Waals surface area contributed by atoms with Crippen LogP contribution in [0, 0.1) is 85.6 Å². The van der Waals surface area contributed by atoms with Gasteiger partial charge in [-0.3, -0.25) is 14.9 Å². The minimum absolute atomic E-state index is 0.222. The fourth-order valence-corrected chi connectivity index (χ4v) is 10.8. The molecule has 0 aliphatic carbocycles. The number of ether oxygens (including phenoxy) is 4. The van der Waals surface area contributed by atoms with Crippen LogP contribution in [-0.2, 0) is 74.9 Å². The highest BCUT2D eigenvalue weighted by Crippen LogP contribution is 2.47. The number of carbonyl (C=O) groups excluding carboxylic acids is 2. The van der Waals surface area contributed by atoms with Crippen LogP contribution < -0.4 is 18.9 Å². The number of terminal acetylenes is 1. The van der Waals surface area contributed by atoms with Gasteiger partial charge >= 0.3 is 11.9 Å². The van der Waals surface area contributed by atoms with Crippen LogP contribution in [-0.4, -0.2) is 50.3 Å². The van der Waals surface area contributed by atoms with Crippen LogP contribution in [0.2, 0.25) is 0 Å². The summed E-state index contributed by atoms with van der Waals surface area (Å²) in [6, 6.07) is 44.1. The van der Waals surface area contributed by atoms with E-state index in [2.05, 4.69) is 194 Å². The molecule has 0 spiro atoms. The number of rotatable bonds is 33. The van der Waals surface area contributed by atoms with Gasteiger partial charge in [0.15, 0.2) is 5.75 Å². The predicted molar refractivity (Wildman–Crippen MR) is 369 cm³/mol. The van der Waals surface area contributed by atoms with Gasteiger partial charge in [0.2, 0.25) is 0 Å². The highest BCUT2D eigenvalue weighted by atomic mass is 18.0. The summed E-state index contributed by atoms with van der Waals surface area (Å²) in [5, 5.41) is 54.7. The predicted octanol–water partition coefficient (Wildman–Crippen LogP) is 15.6. The van der Waals surface area contributed by atoms with Gasteiger partial charge in [-0.1, -0.05) is 138 Å². The maximum Gasteiger partial charge on any atom is 0.421 e. The van der Waals surface area contributed by atoms with E-state index in [1.54, 1.807) is 24.5 Å². The van der Waals surface area contributed by atoms with Crippen molar-refractivity contribution in [1.82, 2.24) is 19.9 Å². The molecule has 10 aromatic rings. The Hall–Kier alpha value is -11.9. The van der Waals surface area contributed by atoms with E-state index in [-0.39, 0.29) is 5.75 Å². The Labute approximate surface area is 584 Å². The quantitative estimate of drug-likeness (QED) is 0.00585. The summed E-state index contributed by atoms with van der Waals surface area (Å²) in [4.78, 5) is 48.7. The highest BCUT2D eigenvalue weighted by Gasteiger charge is 2.22. The van der Waals surface area contributed by atoms with Crippen LogP contribution in [0.4, 0.5) is 0 Å². The molecule has 24 heteroatoms. The van der Waals surface area contributed by atoms with Gasteiger partial charge in [-0.05, 0) is 220 Å². The van der Waals surface area contributed by atoms with E-state index in [1.807, 2.05) is 85.6 Å². The molecule has 24 nitrogen and oxygen atoms in total. The Morgan fingerprint density at radius 1 is 0.431 bits per heavy atom. The average Bonchev–Trinajstić information content (AvgIpc) is 0.731. The van der Waals surface area contributed by atoms with Crippen molar-refractivity contribution in [3.05, 3.63) is 157 Å². The van der Waals surface area contributed by atoms with Crippen molar-refractivity contribution in [3.63, 3.8) is 0 Å². The summed E-state index contributed by atoms with van der Waals surface area (Å²) in [7, 11) is 0. The molecule has 0 amide bonds. The first-order valence-corrected chi connectivity index (χ1v) is 32.0. The van der Waals surface area contributed by atoms with Crippen LogP contribution in [0.5, 0.6) is 23.0 Å². The smallest absolute Gasteiger partial charge is 0.421 e. The summed E-state index contributed by atoms with van der Waals surface area (Å²) in [6.45, 7) is 9.59. The molecule has 2 aromatic heterocycles. The number of aromatic nitrogens is 4. The Bertz CT molecular complexity index is 5000. The van der Waals surface area contributed by atoms with Crippen molar-refractivity contribution in [1.29, 1.82) is 0 Å². The number of nitrogens with zero attached hydrogens (tertiary/aromatic N) is 4. The Kier molecular flexibility index (Phi) is 27.5. The van der Waals surface area contributed by atoms with E-state index in [0.717, 1.165) is 121 Å². The third kappa shape index (κ3) is 20.6. The second kappa shape index (κ2) is 38.5. The van der Waals surface area contributed by atoms with Crippen molar-refractivity contribution in [2.75, 3.05) is 13.2 Å². The molecule has 10 rings (SSSR count). The molecule has 8 aromatic carbocycles.